The van der Waals surface area contributed by atoms with Gasteiger partial charge in [-0.2, -0.15) is 0 Å². The predicted molar refractivity (Wildman–Crippen MR) is 53.1 cm³/mol. The van der Waals surface area contributed by atoms with Gasteiger partial charge in [0.25, 0.3) is 0 Å². The summed E-state index contributed by atoms with van der Waals surface area (Å²) in [6.07, 6.45) is -3.18. The summed E-state index contributed by atoms with van der Waals surface area (Å²) in [4.78, 5) is 0.143. The van der Waals surface area contributed by atoms with E-state index in [1.54, 1.807) is 6.07 Å². The fourth-order valence-corrected chi connectivity index (χ4v) is 2.45. The second-order valence-electron chi connectivity index (χ2n) is 3.38. The summed E-state index contributed by atoms with van der Waals surface area (Å²) in [6, 6.07) is 4.77. The van der Waals surface area contributed by atoms with Gasteiger partial charge in [-0.3, -0.25) is 0 Å². The van der Waals surface area contributed by atoms with Crippen LogP contribution in [-0.4, -0.2) is 6.36 Å². The highest BCUT2D eigenvalue weighted by molar-refractivity contribution is 9.09. The third-order valence-corrected chi connectivity index (χ3v) is 3.33. The Morgan fingerprint density at radius 3 is 2.73 bits per heavy atom. The predicted octanol–water partition coefficient (Wildman–Crippen LogP) is 3.97. The minimum atomic E-state index is -4.61. The SMILES string of the molecule is FC(F)(F)Oc1cccc2c1CCC2Br. The highest BCUT2D eigenvalue weighted by atomic mass is 79.9. The van der Waals surface area contributed by atoms with Crippen molar-refractivity contribution in [2.24, 2.45) is 0 Å². The zero-order valence-corrected chi connectivity index (χ0v) is 9.23. The van der Waals surface area contributed by atoms with Gasteiger partial charge < -0.3 is 4.74 Å². The van der Waals surface area contributed by atoms with Crippen molar-refractivity contribution in [1.82, 2.24) is 0 Å². The van der Waals surface area contributed by atoms with E-state index in [0.717, 1.165) is 12.0 Å². The van der Waals surface area contributed by atoms with Crippen LogP contribution in [-0.2, 0) is 6.42 Å². The van der Waals surface area contributed by atoms with Gasteiger partial charge in [0, 0.05) is 4.83 Å². The summed E-state index contributed by atoms with van der Waals surface area (Å²) in [6.45, 7) is 0. The van der Waals surface area contributed by atoms with E-state index in [9.17, 15) is 13.2 Å². The number of rotatable bonds is 1. The molecule has 0 saturated carbocycles. The summed E-state index contributed by atoms with van der Waals surface area (Å²) < 4.78 is 40.2. The van der Waals surface area contributed by atoms with Crippen LogP contribution in [0.5, 0.6) is 5.75 Å². The molecule has 0 N–H and O–H groups in total. The first kappa shape index (κ1) is 10.8. The first-order valence-corrected chi connectivity index (χ1v) is 5.40. The van der Waals surface area contributed by atoms with Crippen molar-refractivity contribution >= 4 is 15.9 Å². The molecule has 0 bridgehead atoms. The number of hydrogen-bond acceptors (Lipinski definition) is 1. The third kappa shape index (κ3) is 2.27. The van der Waals surface area contributed by atoms with Crippen LogP contribution < -0.4 is 4.74 Å². The summed E-state index contributed by atoms with van der Waals surface area (Å²) in [5.74, 6) is -0.0676. The lowest BCUT2D eigenvalue weighted by molar-refractivity contribution is -0.274. The number of benzene rings is 1. The van der Waals surface area contributed by atoms with Gasteiger partial charge in [0.2, 0.25) is 0 Å². The molecular formula is C10H8BrF3O. The smallest absolute Gasteiger partial charge is 0.405 e. The molecule has 1 aliphatic carbocycles. The van der Waals surface area contributed by atoms with Crippen molar-refractivity contribution in [3.63, 3.8) is 0 Å². The van der Waals surface area contributed by atoms with Gasteiger partial charge in [0.15, 0.2) is 0 Å². The third-order valence-electron chi connectivity index (χ3n) is 2.38. The van der Waals surface area contributed by atoms with Crippen LogP contribution in [0, 0.1) is 0 Å². The highest BCUT2D eigenvalue weighted by Gasteiger charge is 2.33. The Morgan fingerprint density at radius 2 is 2.07 bits per heavy atom. The molecule has 0 aromatic heterocycles. The second-order valence-corrected chi connectivity index (χ2v) is 4.48. The molecule has 0 spiro atoms. The van der Waals surface area contributed by atoms with Gasteiger partial charge in [0.1, 0.15) is 5.75 Å². The summed E-state index contributed by atoms with van der Waals surface area (Å²) in [7, 11) is 0. The molecule has 0 aliphatic heterocycles. The Bertz CT molecular complexity index is 375. The largest absolute Gasteiger partial charge is 0.573 e. The zero-order chi connectivity index (χ0) is 11.1. The number of hydrogen-bond donors (Lipinski definition) is 0. The lowest BCUT2D eigenvalue weighted by Gasteiger charge is -2.12. The van der Waals surface area contributed by atoms with E-state index in [1.807, 2.05) is 6.07 Å². The molecule has 0 heterocycles. The van der Waals surface area contributed by atoms with Crippen LogP contribution in [0.2, 0.25) is 0 Å². The number of ether oxygens (including phenoxy) is 1. The molecule has 1 aliphatic rings. The Kier molecular flexibility index (Phi) is 2.66. The lowest BCUT2D eigenvalue weighted by Crippen LogP contribution is -2.18. The van der Waals surface area contributed by atoms with Gasteiger partial charge >= 0.3 is 6.36 Å². The monoisotopic (exact) mass is 280 g/mol. The molecule has 1 aromatic rings. The van der Waals surface area contributed by atoms with Crippen molar-refractivity contribution in [3.8, 4) is 5.75 Å². The van der Waals surface area contributed by atoms with E-state index in [0.29, 0.717) is 12.0 Å². The molecule has 2 rings (SSSR count). The Hall–Kier alpha value is -0.710. The Morgan fingerprint density at radius 1 is 1.33 bits per heavy atom. The van der Waals surface area contributed by atoms with Crippen LogP contribution in [0.4, 0.5) is 13.2 Å². The molecule has 82 valence electrons. The maximum atomic E-state index is 12.1. The zero-order valence-electron chi connectivity index (χ0n) is 7.64. The molecule has 0 amide bonds. The van der Waals surface area contributed by atoms with E-state index in [-0.39, 0.29) is 10.6 Å². The van der Waals surface area contributed by atoms with Gasteiger partial charge in [-0.25, -0.2) is 0 Å². The van der Waals surface area contributed by atoms with Crippen molar-refractivity contribution in [2.45, 2.75) is 24.0 Å². The quantitative estimate of drug-likeness (QED) is 0.708. The number of fused-ring (bicyclic) bond motifs is 1. The first-order valence-electron chi connectivity index (χ1n) is 4.49. The first-order chi connectivity index (χ1) is 6.97. The number of halogens is 4. The van der Waals surface area contributed by atoms with Crippen LogP contribution in [0.1, 0.15) is 22.4 Å². The van der Waals surface area contributed by atoms with Gasteiger partial charge in [0.05, 0.1) is 0 Å². The molecule has 1 aromatic carbocycles. The summed E-state index contributed by atoms with van der Waals surface area (Å²) in [5, 5.41) is 0. The molecular weight excluding hydrogens is 273 g/mol. The Balaban J connectivity index is 2.34. The van der Waals surface area contributed by atoms with Gasteiger partial charge in [-0.05, 0) is 30.0 Å². The maximum absolute atomic E-state index is 12.1. The van der Waals surface area contributed by atoms with Crippen LogP contribution >= 0.6 is 15.9 Å². The van der Waals surface area contributed by atoms with E-state index in [2.05, 4.69) is 20.7 Å². The second kappa shape index (κ2) is 3.70. The molecule has 0 radical (unpaired) electrons. The fourth-order valence-electron chi connectivity index (χ4n) is 1.79. The molecule has 0 saturated heterocycles. The van der Waals surface area contributed by atoms with Crippen molar-refractivity contribution in [1.29, 1.82) is 0 Å². The number of alkyl halides is 4. The van der Waals surface area contributed by atoms with Crippen LogP contribution in [0.25, 0.3) is 0 Å². The van der Waals surface area contributed by atoms with E-state index < -0.39 is 6.36 Å². The minimum absolute atomic E-state index is 0.0676. The maximum Gasteiger partial charge on any atom is 0.573 e. The molecule has 1 unspecified atom stereocenters. The lowest BCUT2D eigenvalue weighted by atomic mass is 10.1. The van der Waals surface area contributed by atoms with Crippen molar-refractivity contribution in [2.75, 3.05) is 0 Å². The van der Waals surface area contributed by atoms with Crippen molar-refractivity contribution < 1.29 is 17.9 Å². The van der Waals surface area contributed by atoms with E-state index >= 15 is 0 Å². The fraction of sp³-hybridized carbons (Fsp3) is 0.400. The molecule has 15 heavy (non-hydrogen) atoms. The van der Waals surface area contributed by atoms with Gasteiger partial charge in [-0.15, -0.1) is 13.2 Å². The normalized spacial score (nSPS) is 20.1. The molecule has 5 heteroatoms. The standard InChI is InChI=1S/C10H8BrF3O/c11-8-5-4-7-6(8)2-1-3-9(7)15-10(12,13)14/h1-3,8H,4-5H2. The average molecular weight is 281 g/mol. The highest BCUT2D eigenvalue weighted by Crippen LogP contribution is 2.42. The molecule has 1 atom stereocenters. The van der Waals surface area contributed by atoms with E-state index in [4.69, 9.17) is 0 Å². The average Bonchev–Trinajstić information content (AvgIpc) is 2.47. The molecule has 0 fully saturated rings. The Labute approximate surface area is 93.4 Å². The summed E-state index contributed by atoms with van der Waals surface area (Å²) in [5.41, 5.74) is 1.56. The van der Waals surface area contributed by atoms with Crippen LogP contribution in [0.3, 0.4) is 0 Å². The van der Waals surface area contributed by atoms with Crippen LogP contribution in [0.15, 0.2) is 18.2 Å². The molecule has 1 nitrogen and oxygen atoms in total. The van der Waals surface area contributed by atoms with E-state index in [1.165, 1.54) is 6.07 Å². The summed E-state index contributed by atoms with van der Waals surface area (Å²) >= 11 is 3.41. The van der Waals surface area contributed by atoms with Crippen molar-refractivity contribution in [3.05, 3.63) is 29.3 Å². The van der Waals surface area contributed by atoms with Gasteiger partial charge in [-0.1, -0.05) is 28.1 Å². The minimum Gasteiger partial charge on any atom is -0.405 e. The topological polar surface area (TPSA) is 9.23 Å².